The predicted molar refractivity (Wildman–Crippen MR) is 59.4 cm³/mol. The molecule has 1 rings (SSSR count). The predicted octanol–water partition coefficient (Wildman–Crippen LogP) is 4.78. The first kappa shape index (κ1) is 13.1. The first-order chi connectivity index (χ1) is 7.35. The quantitative estimate of drug-likeness (QED) is 0.700. The van der Waals surface area contributed by atoms with Gasteiger partial charge in [-0.05, 0) is 29.9 Å². The molecular weight excluding hydrogens is 213 g/mol. The monoisotopic (exact) mass is 230 g/mol. The Morgan fingerprint density at radius 3 is 1.75 bits per heavy atom. The van der Waals surface area contributed by atoms with E-state index in [0.717, 1.165) is 0 Å². The van der Waals surface area contributed by atoms with Crippen LogP contribution in [0.1, 0.15) is 44.7 Å². The van der Waals surface area contributed by atoms with E-state index in [2.05, 4.69) is 0 Å². The van der Waals surface area contributed by atoms with Crippen molar-refractivity contribution in [2.75, 3.05) is 0 Å². The van der Waals surface area contributed by atoms with Crippen molar-refractivity contribution in [2.24, 2.45) is 0 Å². The number of halogens is 3. The summed E-state index contributed by atoms with van der Waals surface area (Å²) >= 11 is 0. The summed E-state index contributed by atoms with van der Waals surface area (Å²) in [5, 5.41) is 0. The maximum absolute atomic E-state index is 12.9. The van der Waals surface area contributed by atoms with Crippen molar-refractivity contribution in [1.29, 1.82) is 0 Å². The summed E-state index contributed by atoms with van der Waals surface area (Å²) in [6, 6.07) is 5.88. The van der Waals surface area contributed by atoms with Gasteiger partial charge in [-0.3, -0.25) is 0 Å². The summed E-state index contributed by atoms with van der Waals surface area (Å²) in [7, 11) is 0. The average molecular weight is 230 g/mol. The molecule has 0 nitrogen and oxygen atoms in total. The maximum atomic E-state index is 12.9. The highest BCUT2D eigenvalue weighted by atomic mass is 19.4. The molecule has 0 N–H and O–H groups in total. The van der Waals surface area contributed by atoms with Crippen LogP contribution in [0.15, 0.2) is 24.3 Å². The summed E-state index contributed by atoms with van der Waals surface area (Å²) in [5.74, 6) is 0. The zero-order valence-corrected chi connectivity index (χ0v) is 9.86. The van der Waals surface area contributed by atoms with Crippen LogP contribution in [0.25, 0.3) is 0 Å². The SMILES string of the molecule is CCC(C)(CC)c1ccccc1C(F)(F)F. The largest absolute Gasteiger partial charge is 0.416 e. The lowest BCUT2D eigenvalue weighted by molar-refractivity contribution is -0.138. The standard InChI is InChI=1S/C13H17F3/c1-4-12(3,5-2)10-8-6-7-9-11(10)13(14,15)16/h6-9H,4-5H2,1-3H3. The highest BCUT2D eigenvalue weighted by Crippen LogP contribution is 2.40. The van der Waals surface area contributed by atoms with Gasteiger partial charge in [0.1, 0.15) is 0 Å². The van der Waals surface area contributed by atoms with Gasteiger partial charge in [0, 0.05) is 0 Å². The molecule has 0 amide bonds. The molecule has 0 atom stereocenters. The van der Waals surface area contributed by atoms with Gasteiger partial charge in [0.2, 0.25) is 0 Å². The van der Waals surface area contributed by atoms with Crippen molar-refractivity contribution in [3.05, 3.63) is 35.4 Å². The minimum Gasteiger partial charge on any atom is -0.166 e. The molecule has 0 saturated carbocycles. The first-order valence-corrected chi connectivity index (χ1v) is 5.52. The molecule has 0 aliphatic rings. The number of hydrogen-bond donors (Lipinski definition) is 0. The molecule has 16 heavy (non-hydrogen) atoms. The number of rotatable bonds is 3. The van der Waals surface area contributed by atoms with Gasteiger partial charge < -0.3 is 0 Å². The summed E-state index contributed by atoms with van der Waals surface area (Å²) in [6.07, 6.45) is -2.85. The van der Waals surface area contributed by atoms with Gasteiger partial charge in [-0.2, -0.15) is 13.2 Å². The normalized spacial score (nSPS) is 12.9. The van der Waals surface area contributed by atoms with Crippen LogP contribution >= 0.6 is 0 Å². The van der Waals surface area contributed by atoms with Gasteiger partial charge in [0.25, 0.3) is 0 Å². The van der Waals surface area contributed by atoms with Crippen molar-refractivity contribution in [1.82, 2.24) is 0 Å². The zero-order valence-electron chi connectivity index (χ0n) is 9.86. The molecule has 0 saturated heterocycles. The molecule has 1 aromatic rings. The molecule has 1 aromatic carbocycles. The second kappa shape index (κ2) is 4.48. The van der Waals surface area contributed by atoms with E-state index in [1.807, 2.05) is 20.8 Å². The third-order valence-corrected chi connectivity index (χ3v) is 3.44. The molecule has 0 heterocycles. The fourth-order valence-corrected chi connectivity index (χ4v) is 1.89. The Kier molecular flexibility index (Phi) is 3.66. The highest BCUT2D eigenvalue weighted by molar-refractivity contribution is 5.35. The molecular formula is C13H17F3. The van der Waals surface area contributed by atoms with Crippen molar-refractivity contribution in [3.63, 3.8) is 0 Å². The minimum atomic E-state index is -4.26. The Morgan fingerprint density at radius 1 is 0.938 bits per heavy atom. The minimum absolute atomic E-state index is 0.397. The van der Waals surface area contributed by atoms with Crippen LogP contribution in [-0.4, -0.2) is 0 Å². The van der Waals surface area contributed by atoms with E-state index in [1.165, 1.54) is 12.1 Å². The molecule has 90 valence electrons. The van der Waals surface area contributed by atoms with Gasteiger partial charge in [0.15, 0.2) is 0 Å². The molecule has 0 spiro atoms. The molecule has 0 bridgehead atoms. The van der Waals surface area contributed by atoms with Crippen molar-refractivity contribution < 1.29 is 13.2 Å². The second-order valence-electron chi connectivity index (χ2n) is 4.31. The topological polar surface area (TPSA) is 0 Å². The Morgan fingerprint density at radius 2 is 1.38 bits per heavy atom. The summed E-state index contributed by atoms with van der Waals surface area (Å²) in [4.78, 5) is 0. The van der Waals surface area contributed by atoms with E-state index in [1.54, 1.807) is 12.1 Å². The Labute approximate surface area is 94.5 Å². The second-order valence-corrected chi connectivity index (χ2v) is 4.31. The van der Waals surface area contributed by atoms with Crippen LogP contribution in [0.5, 0.6) is 0 Å². The van der Waals surface area contributed by atoms with E-state index in [0.29, 0.717) is 18.4 Å². The average Bonchev–Trinajstić information content (AvgIpc) is 2.27. The number of alkyl halides is 3. The molecule has 0 aliphatic carbocycles. The van der Waals surface area contributed by atoms with Crippen LogP contribution in [-0.2, 0) is 11.6 Å². The van der Waals surface area contributed by atoms with Crippen molar-refractivity contribution in [2.45, 2.75) is 45.2 Å². The van der Waals surface area contributed by atoms with Crippen LogP contribution in [0.2, 0.25) is 0 Å². The number of benzene rings is 1. The van der Waals surface area contributed by atoms with Gasteiger partial charge in [-0.15, -0.1) is 0 Å². The molecule has 0 fully saturated rings. The number of hydrogen-bond acceptors (Lipinski definition) is 0. The Balaban J connectivity index is 3.34. The van der Waals surface area contributed by atoms with Gasteiger partial charge in [-0.25, -0.2) is 0 Å². The van der Waals surface area contributed by atoms with E-state index in [-0.39, 0.29) is 0 Å². The summed E-state index contributed by atoms with van der Waals surface area (Å²) < 4.78 is 38.6. The maximum Gasteiger partial charge on any atom is 0.416 e. The van der Waals surface area contributed by atoms with E-state index in [9.17, 15) is 13.2 Å². The molecule has 0 aromatic heterocycles. The third kappa shape index (κ3) is 2.39. The Bertz CT molecular complexity index is 348. The fourth-order valence-electron chi connectivity index (χ4n) is 1.89. The van der Waals surface area contributed by atoms with Crippen LogP contribution in [0.3, 0.4) is 0 Å². The van der Waals surface area contributed by atoms with Gasteiger partial charge in [-0.1, -0.05) is 39.0 Å². The lowest BCUT2D eigenvalue weighted by Gasteiger charge is -2.30. The third-order valence-electron chi connectivity index (χ3n) is 3.44. The summed E-state index contributed by atoms with van der Waals surface area (Å²) in [5.41, 5.74) is -0.486. The Hall–Kier alpha value is -0.990. The lowest BCUT2D eigenvalue weighted by atomic mass is 9.75. The smallest absolute Gasteiger partial charge is 0.166 e. The molecule has 0 unspecified atom stereocenters. The molecule has 3 heteroatoms. The van der Waals surface area contributed by atoms with E-state index >= 15 is 0 Å². The van der Waals surface area contributed by atoms with Gasteiger partial charge >= 0.3 is 6.18 Å². The van der Waals surface area contributed by atoms with Crippen LogP contribution < -0.4 is 0 Å². The molecule has 0 radical (unpaired) electrons. The van der Waals surface area contributed by atoms with Gasteiger partial charge in [0.05, 0.1) is 5.56 Å². The van der Waals surface area contributed by atoms with E-state index < -0.39 is 17.2 Å². The first-order valence-electron chi connectivity index (χ1n) is 5.52. The fraction of sp³-hybridized carbons (Fsp3) is 0.538. The van der Waals surface area contributed by atoms with Crippen molar-refractivity contribution in [3.8, 4) is 0 Å². The van der Waals surface area contributed by atoms with E-state index in [4.69, 9.17) is 0 Å². The highest BCUT2D eigenvalue weighted by Gasteiger charge is 2.37. The van der Waals surface area contributed by atoms with Crippen LogP contribution in [0, 0.1) is 0 Å². The molecule has 0 aliphatic heterocycles. The van der Waals surface area contributed by atoms with Crippen LogP contribution in [0.4, 0.5) is 13.2 Å². The zero-order chi connectivity index (χ0) is 12.4. The summed E-state index contributed by atoms with van der Waals surface area (Å²) in [6.45, 7) is 5.74. The lowest BCUT2D eigenvalue weighted by Crippen LogP contribution is -2.24. The van der Waals surface area contributed by atoms with Crippen molar-refractivity contribution >= 4 is 0 Å².